The fourth-order valence-corrected chi connectivity index (χ4v) is 3.89. The molecule has 0 unspecified atom stereocenters. The van der Waals surface area contributed by atoms with Crippen molar-refractivity contribution >= 4 is 0 Å². The fraction of sp³-hybridized carbons (Fsp3) is 0.588. The van der Waals surface area contributed by atoms with E-state index in [4.69, 9.17) is 4.52 Å². The molecule has 0 bridgehead atoms. The highest BCUT2D eigenvalue weighted by Gasteiger charge is 2.39. The van der Waals surface area contributed by atoms with Crippen molar-refractivity contribution in [3.63, 3.8) is 0 Å². The second kappa shape index (κ2) is 6.37. The van der Waals surface area contributed by atoms with Crippen molar-refractivity contribution in [2.75, 3.05) is 6.54 Å². The number of hydrogen-bond acceptors (Lipinski definition) is 6. The Labute approximate surface area is 135 Å². The maximum Gasteiger partial charge on any atom is 0.244 e. The first-order valence-corrected chi connectivity index (χ1v) is 8.49. The van der Waals surface area contributed by atoms with Crippen LogP contribution in [0.5, 0.6) is 0 Å². The molecule has 3 heterocycles. The lowest BCUT2D eigenvalue weighted by molar-refractivity contribution is 0.110. The molecule has 122 valence electrons. The SMILES string of the molecule is O[C@@H]1C[C@@H](c2nc(-c3ccncc3)no2)N(C2CCCCC2)C1. The van der Waals surface area contributed by atoms with Crippen LogP contribution in [0.2, 0.25) is 0 Å². The van der Waals surface area contributed by atoms with Crippen LogP contribution in [-0.2, 0) is 0 Å². The average Bonchev–Trinajstić information content (AvgIpc) is 3.23. The number of pyridine rings is 1. The van der Waals surface area contributed by atoms with Gasteiger partial charge in [0, 0.05) is 30.5 Å². The first-order valence-electron chi connectivity index (χ1n) is 8.49. The van der Waals surface area contributed by atoms with Gasteiger partial charge in [-0.1, -0.05) is 24.4 Å². The lowest BCUT2D eigenvalue weighted by Crippen LogP contribution is -2.37. The van der Waals surface area contributed by atoms with Crippen LogP contribution in [-0.4, -0.2) is 43.8 Å². The minimum absolute atomic E-state index is 0.0381. The standard InChI is InChI=1S/C17H22N4O2/c22-14-10-15(21(11-14)13-4-2-1-3-5-13)17-19-16(20-23-17)12-6-8-18-9-7-12/h6-9,13-15,22H,1-5,10-11H2/t14-,15+/m1/s1. The maximum absolute atomic E-state index is 10.1. The van der Waals surface area contributed by atoms with Crippen LogP contribution in [0.4, 0.5) is 0 Å². The highest BCUT2D eigenvalue weighted by atomic mass is 16.5. The van der Waals surface area contributed by atoms with E-state index in [1.165, 1.54) is 32.1 Å². The molecule has 1 N–H and O–H groups in total. The minimum atomic E-state index is -0.307. The Bertz CT molecular complexity index is 639. The first kappa shape index (κ1) is 14.8. The summed E-state index contributed by atoms with van der Waals surface area (Å²) < 4.78 is 5.54. The van der Waals surface area contributed by atoms with E-state index >= 15 is 0 Å². The molecule has 2 aromatic heterocycles. The number of β-amino-alcohol motifs (C(OH)–C–C–N with tert-alkyl or cyclic N) is 1. The second-order valence-electron chi connectivity index (χ2n) is 6.59. The summed E-state index contributed by atoms with van der Waals surface area (Å²) in [6, 6.07) is 4.31. The van der Waals surface area contributed by atoms with Crippen molar-refractivity contribution in [2.24, 2.45) is 0 Å². The van der Waals surface area contributed by atoms with Crippen LogP contribution in [0, 0.1) is 0 Å². The van der Waals surface area contributed by atoms with E-state index in [1.807, 2.05) is 12.1 Å². The molecule has 6 nitrogen and oxygen atoms in total. The molecular weight excluding hydrogens is 292 g/mol. The Hall–Kier alpha value is -1.79. The molecule has 1 aliphatic carbocycles. The van der Waals surface area contributed by atoms with E-state index in [2.05, 4.69) is 20.0 Å². The van der Waals surface area contributed by atoms with E-state index in [0.717, 1.165) is 5.56 Å². The number of aliphatic hydroxyl groups excluding tert-OH is 1. The number of hydrogen-bond donors (Lipinski definition) is 1. The lowest BCUT2D eigenvalue weighted by Gasteiger charge is -2.33. The summed E-state index contributed by atoms with van der Waals surface area (Å²) in [5.41, 5.74) is 0.901. The number of likely N-dealkylation sites (tertiary alicyclic amines) is 1. The van der Waals surface area contributed by atoms with Crippen LogP contribution in [0.3, 0.4) is 0 Å². The third-order valence-corrected chi connectivity index (χ3v) is 5.03. The third-order valence-electron chi connectivity index (χ3n) is 5.03. The van der Waals surface area contributed by atoms with Crippen LogP contribution in [0.1, 0.15) is 50.5 Å². The molecule has 0 amide bonds. The molecule has 2 atom stereocenters. The molecule has 2 aromatic rings. The van der Waals surface area contributed by atoms with Gasteiger partial charge in [-0.25, -0.2) is 0 Å². The van der Waals surface area contributed by atoms with Crippen molar-refractivity contribution in [2.45, 2.75) is 56.7 Å². The van der Waals surface area contributed by atoms with E-state index in [-0.39, 0.29) is 12.1 Å². The van der Waals surface area contributed by atoms with Gasteiger partial charge in [-0.2, -0.15) is 4.98 Å². The van der Waals surface area contributed by atoms with Gasteiger partial charge in [0.05, 0.1) is 12.1 Å². The van der Waals surface area contributed by atoms with Crippen molar-refractivity contribution in [3.05, 3.63) is 30.4 Å². The van der Waals surface area contributed by atoms with E-state index in [9.17, 15) is 5.11 Å². The van der Waals surface area contributed by atoms with Gasteiger partial charge in [0.1, 0.15) is 0 Å². The van der Waals surface area contributed by atoms with Crippen molar-refractivity contribution < 1.29 is 9.63 Å². The minimum Gasteiger partial charge on any atom is -0.392 e. The van der Waals surface area contributed by atoms with Gasteiger partial charge in [0.15, 0.2) is 0 Å². The van der Waals surface area contributed by atoms with Gasteiger partial charge < -0.3 is 9.63 Å². The highest BCUT2D eigenvalue weighted by molar-refractivity contribution is 5.52. The summed E-state index contributed by atoms with van der Waals surface area (Å²) >= 11 is 0. The Kier molecular flexibility index (Phi) is 4.10. The van der Waals surface area contributed by atoms with Crippen molar-refractivity contribution in [1.82, 2.24) is 20.0 Å². The molecule has 2 fully saturated rings. The van der Waals surface area contributed by atoms with Gasteiger partial charge >= 0.3 is 0 Å². The second-order valence-corrected chi connectivity index (χ2v) is 6.59. The maximum atomic E-state index is 10.1. The molecule has 6 heteroatoms. The van der Waals surface area contributed by atoms with Crippen LogP contribution < -0.4 is 0 Å². The zero-order valence-corrected chi connectivity index (χ0v) is 13.1. The van der Waals surface area contributed by atoms with Crippen molar-refractivity contribution in [1.29, 1.82) is 0 Å². The topological polar surface area (TPSA) is 75.3 Å². The Morgan fingerprint density at radius 1 is 1.13 bits per heavy atom. The molecule has 0 radical (unpaired) electrons. The van der Waals surface area contributed by atoms with E-state index in [0.29, 0.717) is 30.7 Å². The van der Waals surface area contributed by atoms with E-state index < -0.39 is 0 Å². The van der Waals surface area contributed by atoms with Gasteiger partial charge in [0.2, 0.25) is 11.7 Å². The number of rotatable bonds is 3. The van der Waals surface area contributed by atoms with Gasteiger partial charge in [-0.15, -0.1) is 0 Å². The summed E-state index contributed by atoms with van der Waals surface area (Å²) in [6.07, 6.45) is 10.1. The average molecular weight is 314 g/mol. The number of aliphatic hydroxyl groups is 1. The van der Waals surface area contributed by atoms with Crippen LogP contribution >= 0.6 is 0 Å². The summed E-state index contributed by atoms with van der Waals surface area (Å²) in [5.74, 6) is 1.21. The predicted molar refractivity (Wildman–Crippen MR) is 84.5 cm³/mol. The summed E-state index contributed by atoms with van der Waals surface area (Å²) in [7, 11) is 0. The largest absolute Gasteiger partial charge is 0.392 e. The normalized spacial score (nSPS) is 26.7. The first-order chi connectivity index (χ1) is 11.3. The van der Waals surface area contributed by atoms with Crippen LogP contribution in [0.25, 0.3) is 11.4 Å². The Morgan fingerprint density at radius 3 is 2.70 bits per heavy atom. The summed E-state index contributed by atoms with van der Waals surface area (Å²) in [6.45, 7) is 0.711. The molecule has 4 rings (SSSR count). The highest BCUT2D eigenvalue weighted by Crippen LogP contribution is 2.37. The monoisotopic (exact) mass is 314 g/mol. The molecule has 0 spiro atoms. The van der Waals surface area contributed by atoms with Crippen LogP contribution in [0.15, 0.2) is 29.0 Å². The Morgan fingerprint density at radius 2 is 1.91 bits per heavy atom. The lowest BCUT2D eigenvalue weighted by atomic mass is 9.94. The molecule has 1 aliphatic heterocycles. The summed E-state index contributed by atoms with van der Waals surface area (Å²) in [5, 5.41) is 14.3. The number of nitrogens with zero attached hydrogens (tertiary/aromatic N) is 4. The number of aromatic nitrogens is 3. The zero-order chi connectivity index (χ0) is 15.6. The molecule has 23 heavy (non-hydrogen) atoms. The van der Waals surface area contributed by atoms with Gasteiger partial charge in [-0.05, 0) is 31.4 Å². The molecule has 1 saturated heterocycles. The zero-order valence-electron chi connectivity index (χ0n) is 13.1. The van der Waals surface area contributed by atoms with Gasteiger partial charge in [0.25, 0.3) is 0 Å². The molecular formula is C17H22N4O2. The third kappa shape index (κ3) is 3.01. The molecule has 1 saturated carbocycles. The van der Waals surface area contributed by atoms with Gasteiger partial charge in [-0.3, -0.25) is 9.88 Å². The predicted octanol–water partition coefficient (Wildman–Crippen LogP) is 2.57. The summed E-state index contributed by atoms with van der Waals surface area (Å²) in [4.78, 5) is 11.0. The van der Waals surface area contributed by atoms with Crippen molar-refractivity contribution in [3.8, 4) is 11.4 Å². The fourth-order valence-electron chi connectivity index (χ4n) is 3.89. The quantitative estimate of drug-likeness (QED) is 0.938. The molecule has 2 aliphatic rings. The smallest absolute Gasteiger partial charge is 0.244 e. The van der Waals surface area contributed by atoms with E-state index in [1.54, 1.807) is 12.4 Å². The molecule has 0 aromatic carbocycles. The Balaban J connectivity index is 1.57.